The Morgan fingerprint density at radius 2 is 1.24 bits per heavy atom. The zero-order chi connectivity index (χ0) is 14.2. The molecule has 12 heteroatoms. The van der Waals surface area contributed by atoms with Gasteiger partial charge in [-0.3, -0.25) is 25.6 Å². The van der Waals surface area contributed by atoms with E-state index in [-0.39, 0.29) is 0 Å². The molecule has 11 nitrogen and oxygen atoms in total. The number of hydrogen-bond acceptors (Lipinski definition) is 7. The fraction of sp³-hybridized carbons (Fsp3) is 0.600. The maximum atomic E-state index is 11.0. The molecule has 0 aliphatic heterocycles. The minimum absolute atomic E-state index is 1.81. The summed E-state index contributed by atoms with van der Waals surface area (Å²) in [5, 5.41) is 18.7. The molecular weight excluding hydrogens is 259 g/mol. The Hall–Kier alpha value is -1.07. The van der Waals surface area contributed by atoms with Crippen molar-refractivity contribution in [3.8, 4) is 0 Å². The van der Waals surface area contributed by atoms with Gasteiger partial charge in [0.1, 0.15) is 0 Å². The van der Waals surface area contributed by atoms with E-state index in [1.165, 1.54) is 0 Å². The normalized spacial score (nSPS) is 19.5. The van der Waals surface area contributed by atoms with Crippen molar-refractivity contribution in [2.24, 2.45) is 22.9 Å². The molecule has 0 spiro atoms. The van der Waals surface area contributed by atoms with E-state index in [2.05, 4.69) is 11.5 Å². The zero-order valence-corrected chi connectivity index (χ0v) is 9.24. The van der Waals surface area contributed by atoms with Crippen LogP contribution in [-0.2, 0) is 14.2 Å². The Morgan fingerprint density at radius 1 is 1.00 bits per heavy atom. The number of carbonyl (C=O) groups excluding carboxylic acids is 2. The molecular formula is C5H13N4O7P. The lowest BCUT2D eigenvalue weighted by molar-refractivity contribution is -0.151. The van der Waals surface area contributed by atoms with Crippen molar-refractivity contribution in [1.82, 2.24) is 0 Å². The van der Waals surface area contributed by atoms with Gasteiger partial charge in [-0.2, -0.15) is 0 Å². The van der Waals surface area contributed by atoms with Gasteiger partial charge in [0.15, 0.2) is 5.66 Å². The van der Waals surface area contributed by atoms with Crippen LogP contribution < -0.4 is 22.9 Å². The molecule has 2 amide bonds. The molecule has 0 heterocycles. The van der Waals surface area contributed by atoms with Crippen LogP contribution in [0.2, 0.25) is 0 Å². The Bertz CT molecular complexity index is 362. The van der Waals surface area contributed by atoms with Crippen LogP contribution in [0.15, 0.2) is 0 Å². The molecule has 0 aliphatic carbocycles. The summed E-state index contributed by atoms with van der Waals surface area (Å²) in [7, 11) is -5.48. The summed E-state index contributed by atoms with van der Waals surface area (Å²) < 4.78 is 11.0. The van der Waals surface area contributed by atoms with Gasteiger partial charge in [-0.25, -0.2) is 0 Å². The summed E-state index contributed by atoms with van der Waals surface area (Å²) in [6.07, 6.45) is 0. The first-order valence-corrected chi connectivity index (χ1v) is 5.61. The molecule has 0 aromatic rings. The summed E-state index contributed by atoms with van der Waals surface area (Å²) >= 11 is 0. The molecule has 12 N–H and O–H groups in total. The third kappa shape index (κ3) is 2.98. The zero-order valence-electron chi connectivity index (χ0n) is 8.35. The number of aliphatic hydroxyl groups is 2. The fourth-order valence-electron chi connectivity index (χ4n) is 1.12. The molecule has 0 aliphatic rings. The molecule has 0 bridgehead atoms. The van der Waals surface area contributed by atoms with Gasteiger partial charge in [-0.1, -0.05) is 0 Å². The number of rotatable bonds is 5. The van der Waals surface area contributed by atoms with E-state index in [4.69, 9.17) is 21.3 Å². The summed E-state index contributed by atoms with van der Waals surface area (Å²) in [6, 6.07) is 0. The second-order valence-corrected chi connectivity index (χ2v) is 5.07. The van der Waals surface area contributed by atoms with E-state index in [1.54, 1.807) is 0 Å². The van der Waals surface area contributed by atoms with Crippen LogP contribution in [0.4, 0.5) is 0 Å². The second kappa shape index (κ2) is 4.31. The van der Waals surface area contributed by atoms with Crippen molar-refractivity contribution in [2.75, 3.05) is 0 Å². The van der Waals surface area contributed by atoms with E-state index in [0.717, 1.165) is 0 Å². The monoisotopic (exact) mass is 272 g/mol. The van der Waals surface area contributed by atoms with Gasteiger partial charge in [0.2, 0.25) is 11.4 Å². The van der Waals surface area contributed by atoms with E-state index in [9.17, 15) is 24.4 Å². The van der Waals surface area contributed by atoms with Gasteiger partial charge in [0.05, 0.1) is 0 Å². The van der Waals surface area contributed by atoms with Crippen LogP contribution in [0.25, 0.3) is 0 Å². The lowest BCUT2D eigenvalue weighted by atomic mass is 9.99. The highest BCUT2D eigenvalue weighted by molar-refractivity contribution is 7.53. The van der Waals surface area contributed by atoms with Crippen LogP contribution in [0.5, 0.6) is 0 Å². The van der Waals surface area contributed by atoms with Gasteiger partial charge in [0.25, 0.3) is 11.8 Å². The van der Waals surface area contributed by atoms with Crippen LogP contribution in [0, 0.1) is 0 Å². The standard InChI is InChI=1S/C5H13N4O7P/c6-2(10)4(8,12)1(17(14,15)16)5(9,13)3(7)11/h1,12-13H,8-9H2,(H2,6,10)(H2,7,11)(H2,14,15,16)/t4-,5-/m1/s1. The molecule has 0 radical (unpaired) electrons. The number of nitrogens with two attached hydrogens (primary N) is 4. The SMILES string of the molecule is NC(=O)[C@](N)(O)C([C@@](N)(O)C(N)=O)P(=O)(O)O. The van der Waals surface area contributed by atoms with Gasteiger partial charge in [-0.15, -0.1) is 0 Å². The van der Waals surface area contributed by atoms with Crippen molar-refractivity contribution in [2.45, 2.75) is 17.1 Å². The number of carbonyl (C=O) groups is 2. The van der Waals surface area contributed by atoms with Gasteiger partial charge in [0, 0.05) is 0 Å². The largest absolute Gasteiger partial charge is 0.367 e. The van der Waals surface area contributed by atoms with Crippen LogP contribution >= 0.6 is 7.60 Å². The van der Waals surface area contributed by atoms with Crippen LogP contribution in [-0.4, -0.2) is 48.9 Å². The number of hydrogen-bond donors (Lipinski definition) is 8. The smallest absolute Gasteiger partial charge is 0.338 e. The first kappa shape index (κ1) is 15.9. The molecule has 0 aromatic heterocycles. The highest BCUT2D eigenvalue weighted by Gasteiger charge is 2.61. The predicted molar refractivity (Wildman–Crippen MR) is 52.5 cm³/mol. The maximum Gasteiger partial charge on any atom is 0.338 e. The Balaban J connectivity index is 5.89. The number of primary amides is 2. The molecule has 0 saturated heterocycles. The molecule has 100 valence electrons. The minimum atomic E-state index is -5.48. The highest BCUT2D eigenvalue weighted by Crippen LogP contribution is 2.48. The molecule has 2 atom stereocenters. The quantitative estimate of drug-likeness (QED) is 0.176. The van der Waals surface area contributed by atoms with Gasteiger partial charge < -0.3 is 31.5 Å². The van der Waals surface area contributed by atoms with Crippen molar-refractivity contribution in [1.29, 1.82) is 0 Å². The molecule has 0 aromatic carbocycles. The summed E-state index contributed by atoms with van der Waals surface area (Å²) in [4.78, 5) is 39.3. The third-order valence-electron chi connectivity index (χ3n) is 1.96. The first-order chi connectivity index (χ1) is 7.25. The molecule has 0 unspecified atom stereocenters. The van der Waals surface area contributed by atoms with Crippen LogP contribution in [0.3, 0.4) is 0 Å². The van der Waals surface area contributed by atoms with Crippen molar-refractivity contribution in [3.05, 3.63) is 0 Å². The van der Waals surface area contributed by atoms with E-state index < -0.39 is 36.5 Å². The fourth-order valence-corrected chi connectivity index (χ4v) is 2.40. The second-order valence-electron chi connectivity index (χ2n) is 3.37. The Morgan fingerprint density at radius 3 is 1.35 bits per heavy atom. The lowest BCUT2D eigenvalue weighted by Crippen LogP contribution is -2.73. The molecule has 0 rings (SSSR count). The summed E-state index contributed by atoms with van der Waals surface area (Å²) in [6.45, 7) is 0. The summed E-state index contributed by atoms with van der Waals surface area (Å²) in [5.41, 5.74) is 9.12. The van der Waals surface area contributed by atoms with E-state index in [0.29, 0.717) is 0 Å². The van der Waals surface area contributed by atoms with E-state index >= 15 is 0 Å². The predicted octanol–water partition coefficient (Wildman–Crippen LogP) is -5.20. The summed E-state index contributed by atoms with van der Waals surface area (Å²) in [5.74, 6) is -3.62. The van der Waals surface area contributed by atoms with Gasteiger partial charge in [-0.05, 0) is 0 Å². The average molecular weight is 272 g/mol. The lowest BCUT2D eigenvalue weighted by Gasteiger charge is -2.37. The topological polar surface area (TPSA) is 236 Å². The van der Waals surface area contributed by atoms with Crippen molar-refractivity contribution in [3.63, 3.8) is 0 Å². The maximum absolute atomic E-state index is 11.0. The highest BCUT2D eigenvalue weighted by atomic mass is 31.2. The molecule has 0 saturated carbocycles. The first-order valence-electron chi connectivity index (χ1n) is 3.93. The average Bonchev–Trinajstić information content (AvgIpc) is 1.98. The van der Waals surface area contributed by atoms with Gasteiger partial charge >= 0.3 is 7.60 Å². The van der Waals surface area contributed by atoms with Crippen molar-refractivity contribution < 1.29 is 34.2 Å². The van der Waals surface area contributed by atoms with Crippen LogP contribution in [0.1, 0.15) is 0 Å². The molecule has 0 fully saturated rings. The van der Waals surface area contributed by atoms with E-state index in [1.807, 2.05) is 0 Å². The van der Waals surface area contributed by atoms with Crippen molar-refractivity contribution >= 4 is 19.4 Å². The number of amides is 2. The Kier molecular flexibility index (Phi) is 4.04. The third-order valence-corrected chi connectivity index (χ3v) is 3.42. The molecule has 17 heavy (non-hydrogen) atoms. The Labute approximate surface area is 94.5 Å². The minimum Gasteiger partial charge on any atom is -0.367 e.